The van der Waals surface area contributed by atoms with Gasteiger partial charge in [0, 0.05) is 6.20 Å². The maximum Gasteiger partial charge on any atom is 0.249 e. The van der Waals surface area contributed by atoms with Crippen molar-refractivity contribution in [2.24, 2.45) is 5.92 Å². The van der Waals surface area contributed by atoms with Crippen LogP contribution in [-0.4, -0.2) is 71.2 Å². The number of likely N-dealkylation sites (N-methyl/N-ethyl adjacent to an activating group) is 1. The smallest absolute Gasteiger partial charge is 0.249 e. The fourth-order valence-electron chi connectivity index (χ4n) is 5.12. The highest BCUT2D eigenvalue weighted by molar-refractivity contribution is 5.94. The van der Waals surface area contributed by atoms with Crippen molar-refractivity contribution < 1.29 is 29.3 Å². The Bertz CT molecular complexity index is 1430. The first-order valence-electron chi connectivity index (χ1n) is 14.5. The molecule has 10 heteroatoms. The molecule has 3 aromatic carbocycles. The van der Waals surface area contributed by atoms with Crippen LogP contribution in [0.25, 0.3) is 6.08 Å². The van der Waals surface area contributed by atoms with Crippen LogP contribution in [0.15, 0.2) is 91.1 Å². The summed E-state index contributed by atoms with van der Waals surface area (Å²) in [5, 5.41) is 30.6. The number of hydrogen-bond acceptors (Lipinski definition) is 7. The number of benzene rings is 3. The summed E-state index contributed by atoms with van der Waals surface area (Å²) in [5.41, 5.74) is 1.74. The molecule has 0 radical (unpaired) electrons. The molecule has 0 fully saturated rings. The molecule has 44 heavy (non-hydrogen) atoms. The van der Waals surface area contributed by atoms with Crippen LogP contribution in [0.4, 0.5) is 0 Å². The Morgan fingerprint density at radius 1 is 0.864 bits per heavy atom. The second-order valence-electron chi connectivity index (χ2n) is 11.3. The summed E-state index contributed by atoms with van der Waals surface area (Å²) >= 11 is 0. The van der Waals surface area contributed by atoms with Crippen molar-refractivity contribution in [3.05, 3.63) is 108 Å². The number of hydrogen-bond donors (Lipinski definition) is 5. The average Bonchev–Trinajstić information content (AvgIpc) is 3.02. The maximum atomic E-state index is 14.1. The normalized spacial score (nSPS) is 21.8. The minimum atomic E-state index is -1.41. The van der Waals surface area contributed by atoms with E-state index in [0.717, 1.165) is 5.56 Å². The molecule has 2 bridgehead atoms. The molecule has 0 spiro atoms. The number of carbonyl (C=O) groups excluding carboxylic acids is 3. The highest BCUT2D eigenvalue weighted by Crippen LogP contribution is 2.24. The Labute approximate surface area is 257 Å². The van der Waals surface area contributed by atoms with E-state index in [9.17, 15) is 24.6 Å². The quantitative estimate of drug-likeness (QED) is 0.268. The van der Waals surface area contributed by atoms with Gasteiger partial charge < -0.3 is 30.9 Å². The van der Waals surface area contributed by atoms with Gasteiger partial charge in [0.1, 0.15) is 42.2 Å². The van der Waals surface area contributed by atoms with Crippen molar-refractivity contribution in [3.8, 4) is 5.75 Å². The Hall–Kier alpha value is -4.51. The molecule has 6 atom stereocenters. The Kier molecular flexibility index (Phi) is 10.9. The molecule has 0 saturated heterocycles. The zero-order valence-electron chi connectivity index (χ0n) is 25.3. The lowest BCUT2D eigenvalue weighted by Gasteiger charge is -2.35. The number of fused-ring (bicyclic) bond motifs is 10. The van der Waals surface area contributed by atoms with E-state index in [-0.39, 0.29) is 5.92 Å². The lowest BCUT2D eigenvalue weighted by molar-refractivity contribution is -0.139. The fourth-order valence-corrected chi connectivity index (χ4v) is 5.12. The summed E-state index contributed by atoms with van der Waals surface area (Å²) in [7, 11) is 3.32. The van der Waals surface area contributed by atoms with Crippen molar-refractivity contribution in [1.29, 1.82) is 0 Å². The lowest BCUT2D eigenvalue weighted by Crippen LogP contribution is -2.62. The number of aliphatic hydroxyl groups excluding tert-OH is 2. The van der Waals surface area contributed by atoms with Gasteiger partial charge in [0.15, 0.2) is 0 Å². The summed E-state index contributed by atoms with van der Waals surface area (Å²) < 4.78 is 6.31. The largest absolute Gasteiger partial charge is 0.487 e. The molecule has 0 aliphatic carbocycles. The molecule has 2 heterocycles. The molecular formula is C34H40N4O6. The van der Waals surface area contributed by atoms with Gasteiger partial charge in [-0.15, -0.1) is 0 Å². The van der Waals surface area contributed by atoms with Gasteiger partial charge in [-0.1, -0.05) is 86.6 Å². The first kappa shape index (κ1) is 32.4. The number of carbonyl (C=O) groups is 3. The summed E-state index contributed by atoms with van der Waals surface area (Å²) in [4.78, 5) is 43.0. The van der Waals surface area contributed by atoms with Crippen molar-refractivity contribution in [1.82, 2.24) is 20.9 Å². The van der Waals surface area contributed by atoms with Gasteiger partial charge in [0.05, 0.1) is 0 Å². The zero-order chi connectivity index (χ0) is 31.8. The van der Waals surface area contributed by atoms with E-state index in [2.05, 4.69) is 16.0 Å². The van der Waals surface area contributed by atoms with Gasteiger partial charge in [-0.05, 0) is 54.9 Å². The molecule has 232 valence electrons. The Balaban J connectivity index is 1.74. The third kappa shape index (κ3) is 7.90. The Morgan fingerprint density at radius 3 is 2.02 bits per heavy atom. The van der Waals surface area contributed by atoms with E-state index >= 15 is 0 Å². The van der Waals surface area contributed by atoms with E-state index in [1.807, 2.05) is 19.9 Å². The van der Waals surface area contributed by atoms with Gasteiger partial charge in [0.25, 0.3) is 0 Å². The second kappa shape index (κ2) is 14.8. The van der Waals surface area contributed by atoms with Gasteiger partial charge in [-0.3, -0.25) is 19.3 Å². The van der Waals surface area contributed by atoms with E-state index in [1.54, 1.807) is 104 Å². The van der Waals surface area contributed by atoms with Crippen molar-refractivity contribution in [3.63, 3.8) is 0 Å². The van der Waals surface area contributed by atoms with Crippen LogP contribution in [0.1, 0.15) is 42.7 Å². The number of nitrogens with zero attached hydrogens (tertiary/aromatic N) is 1. The van der Waals surface area contributed by atoms with E-state index in [0.29, 0.717) is 16.9 Å². The molecule has 2 aliphatic heterocycles. The minimum Gasteiger partial charge on any atom is -0.487 e. The van der Waals surface area contributed by atoms with E-state index in [1.165, 1.54) is 6.20 Å². The molecule has 10 nitrogen and oxygen atoms in total. The van der Waals surface area contributed by atoms with Gasteiger partial charge in [-0.2, -0.15) is 0 Å². The van der Waals surface area contributed by atoms with Crippen LogP contribution in [-0.2, 0) is 14.4 Å². The van der Waals surface area contributed by atoms with Crippen LogP contribution in [0.2, 0.25) is 0 Å². The number of nitrogens with one attached hydrogen (secondary N) is 3. The number of rotatable bonds is 8. The van der Waals surface area contributed by atoms with Gasteiger partial charge in [0.2, 0.25) is 17.7 Å². The maximum absolute atomic E-state index is 14.1. The first-order valence-corrected chi connectivity index (χ1v) is 14.5. The fraction of sp³-hybridized carbons (Fsp3) is 0.324. The highest BCUT2D eigenvalue weighted by Gasteiger charge is 2.40. The van der Waals surface area contributed by atoms with Crippen molar-refractivity contribution in [2.75, 3.05) is 14.1 Å². The summed E-state index contributed by atoms with van der Waals surface area (Å²) in [6, 6.07) is 20.6. The van der Waals surface area contributed by atoms with Crippen molar-refractivity contribution in [2.45, 2.75) is 50.3 Å². The SMILES string of the molecule is CC(C)[C@H]1Oc2ccc(cc2)/C=C\NC(=O)[C@@H]([C@H](O)c2ccccc2)NC(=O)[C@@H]1NC(=O)[C@H]([C@H](O)c1ccccc1)N(C)C. The molecule has 5 rings (SSSR count). The average molecular weight is 601 g/mol. The molecule has 0 unspecified atom stereocenters. The Morgan fingerprint density at radius 2 is 1.45 bits per heavy atom. The summed E-state index contributed by atoms with van der Waals surface area (Å²) in [6.45, 7) is 3.70. The standard InChI is InChI=1S/C34H40N4O6/c1-21(2)31-27(37-34(43)28(38(3)4)30(40)24-13-9-6-10-14-24)33(42)36-26(29(39)23-11-7-5-8-12-23)32(41)35-20-19-22-15-17-25(44-31)18-16-22/h5-21,26-31,39-40H,1-4H3,(H,35,41)(H,36,42)(H,37,43)/b20-19-/t26-,27-,28+,29-,30-,31-/m1/s1. The van der Waals surface area contributed by atoms with Gasteiger partial charge >= 0.3 is 0 Å². The van der Waals surface area contributed by atoms with E-state index < -0.39 is 54.2 Å². The minimum absolute atomic E-state index is 0.290. The topological polar surface area (TPSA) is 140 Å². The van der Waals surface area contributed by atoms with Gasteiger partial charge in [-0.25, -0.2) is 0 Å². The molecular weight excluding hydrogens is 560 g/mol. The van der Waals surface area contributed by atoms with Crippen molar-refractivity contribution >= 4 is 23.8 Å². The van der Waals surface area contributed by atoms with Crippen LogP contribution >= 0.6 is 0 Å². The summed E-state index contributed by atoms with van der Waals surface area (Å²) in [5.74, 6) is -1.83. The lowest BCUT2D eigenvalue weighted by atomic mass is 9.95. The first-order chi connectivity index (χ1) is 21.1. The molecule has 0 aromatic heterocycles. The second-order valence-corrected chi connectivity index (χ2v) is 11.3. The molecule has 2 aliphatic rings. The van der Waals surface area contributed by atoms with Crippen LogP contribution < -0.4 is 20.7 Å². The number of aliphatic hydroxyl groups is 2. The monoisotopic (exact) mass is 600 g/mol. The number of amides is 3. The number of ether oxygens (including phenoxy) is 1. The highest BCUT2D eigenvalue weighted by atomic mass is 16.5. The van der Waals surface area contributed by atoms with Crippen LogP contribution in [0.3, 0.4) is 0 Å². The van der Waals surface area contributed by atoms with Crippen LogP contribution in [0, 0.1) is 5.92 Å². The third-order valence-corrected chi connectivity index (χ3v) is 7.52. The molecule has 3 aromatic rings. The molecule has 0 saturated carbocycles. The molecule has 5 N–H and O–H groups in total. The third-order valence-electron chi connectivity index (χ3n) is 7.52. The van der Waals surface area contributed by atoms with Crippen LogP contribution in [0.5, 0.6) is 5.75 Å². The summed E-state index contributed by atoms with van der Waals surface area (Å²) in [6.07, 6.45) is -0.377. The predicted molar refractivity (Wildman–Crippen MR) is 167 cm³/mol. The molecule has 3 amide bonds. The van der Waals surface area contributed by atoms with E-state index in [4.69, 9.17) is 4.74 Å². The zero-order valence-corrected chi connectivity index (χ0v) is 25.3. The predicted octanol–water partition coefficient (Wildman–Crippen LogP) is 2.56.